The first kappa shape index (κ1) is 10.7. The van der Waals surface area contributed by atoms with Crippen LogP contribution >= 0.6 is 11.3 Å². The van der Waals surface area contributed by atoms with Gasteiger partial charge in [0, 0.05) is 19.0 Å². The molecule has 0 aliphatic carbocycles. The van der Waals surface area contributed by atoms with Crippen LogP contribution in [-0.4, -0.2) is 18.4 Å². The first-order chi connectivity index (χ1) is 7.34. The Kier molecular flexibility index (Phi) is 3.78. The first-order valence-electron chi connectivity index (χ1n) is 5.65. The summed E-state index contributed by atoms with van der Waals surface area (Å²) in [6.07, 6.45) is 4.78. The van der Waals surface area contributed by atoms with Gasteiger partial charge in [-0.15, -0.1) is 0 Å². The Labute approximate surface area is 95.4 Å². The molecule has 3 heteroatoms. The maximum absolute atomic E-state index is 4.51. The Bertz CT molecular complexity index is 316. The quantitative estimate of drug-likeness (QED) is 0.835. The number of hydrogen-bond acceptors (Lipinski definition) is 3. The van der Waals surface area contributed by atoms with Crippen molar-refractivity contribution in [1.82, 2.24) is 5.32 Å². The van der Waals surface area contributed by atoms with Gasteiger partial charge in [-0.2, -0.15) is 11.3 Å². The van der Waals surface area contributed by atoms with Crippen LogP contribution in [0.3, 0.4) is 0 Å². The van der Waals surface area contributed by atoms with Gasteiger partial charge in [0.25, 0.3) is 0 Å². The second-order valence-corrected chi connectivity index (χ2v) is 4.95. The zero-order valence-electron chi connectivity index (χ0n) is 9.20. The smallest absolute Gasteiger partial charge is 0.0965 e. The van der Waals surface area contributed by atoms with E-state index in [1.54, 1.807) is 11.3 Å². The first-order valence-corrected chi connectivity index (χ1v) is 6.60. The zero-order chi connectivity index (χ0) is 10.5. The van der Waals surface area contributed by atoms with E-state index in [1.165, 1.54) is 24.2 Å². The van der Waals surface area contributed by atoms with Crippen molar-refractivity contribution in [2.45, 2.75) is 38.6 Å². The fourth-order valence-corrected chi connectivity index (χ4v) is 2.59. The van der Waals surface area contributed by atoms with Crippen LogP contribution in [0, 0.1) is 0 Å². The average Bonchev–Trinajstić information content (AvgIpc) is 2.71. The second-order valence-electron chi connectivity index (χ2n) is 4.17. The Hall–Kier alpha value is -0.830. The third kappa shape index (κ3) is 3.34. The van der Waals surface area contributed by atoms with Crippen LogP contribution in [0.2, 0.25) is 0 Å². The molecule has 0 saturated heterocycles. The predicted octanol–water partition coefficient (Wildman–Crippen LogP) is 2.85. The fourth-order valence-electron chi connectivity index (χ4n) is 1.91. The lowest BCUT2D eigenvalue weighted by Gasteiger charge is -2.19. The van der Waals surface area contributed by atoms with Crippen LogP contribution < -0.4 is 5.32 Å². The van der Waals surface area contributed by atoms with Gasteiger partial charge in [-0.3, -0.25) is 4.99 Å². The highest BCUT2D eigenvalue weighted by Gasteiger charge is 2.09. The molecule has 1 aliphatic rings. The lowest BCUT2D eigenvalue weighted by Crippen LogP contribution is -2.35. The van der Waals surface area contributed by atoms with Crippen molar-refractivity contribution in [2.24, 2.45) is 4.99 Å². The lowest BCUT2D eigenvalue weighted by atomic mass is 10.1. The SMILES string of the molecule is CC(Cc1ccsc1)NC1=NCCCC1. The summed E-state index contributed by atoms with van der Waals surface area (Å²) in [5.74, 6) is 1.21. The highest BCUT2D eigenvalue weighted by molar-refractivity contribution is 7.07. The molecule has 1 atom stereocenters. The Balaban J connectivity index is 1.81. The molecule has 0 spiro atoms. The van der Waals surface area contributed by atoms with Gasteiger partial charge in [0.1, 0.15) is 0 Å². The third-order valence-corrected chi connectivity index (χ3v) is 3.39. The molecule has 0 radical (unpaired) electrons. The molecule has 1 aliphatic heterocycles. The van der Waals surface area contributed by atoms with Crippen LogP contribution in [0.5, 0.6) is 0 Å². The number of aliphatic imine (C=N–C) groups is 1. The van der Waals surface area contributed by atoms with Gasteiger partial charge in [0.05, 0.1) is 5.84 Å². The molecule has 1 aromatic rings. The van der Waals surface area contributed by atoms with E-state index in [2.05, 4.69) is 34.1 Å². The van der Waals surface area contributed by atoms with E-state index < -0.39 is 0 Å². The van der Waals surface area contributed by atoms with Crippen molar-refractivity contribution in [3.05, 3.63) is 22.4 Å². The summed E-state index contributed by atoms with van der Waals surface area (Å²) in [6.45, 7) is 3.24. The molecule has 82 valence electrons. The van der Waals surface area contributed by atoms with Crippen LogP contribution in [0.25, 0.3) is 0 Å². The van der Waals surface area contributed by atoms with E-state index in [1.807, 2.05) is 0 Å². The third-order valence-electron chi connectivity index (χ3n) is 2.66. The molecule has 0 bridgehead atoms. The van der Waals surface area contributed by atoms with Crippen molar-refractivity contribution in [3.8, 4) is 0 Å². The van der Waals surface area contributed by atoms with Gasteiger partial charge in [0.15, 0.2) is 0 Å². The molecule has 1 unspecified atom stereocenters. The minimum atomic E-state index is 0.497. The molecule has 2 nitrogen and oxygen atoms in total. The zero-order valence-corrected chi connectivity index (χ0v) is 10.0. The number of nitrogens with zero attached hydrogens (tertiary/aromatic N) is 1. The Morgan fingerprint density at radius 3 is 3.13 bits per heavy atom. The largest absolute Gasteiger partial charge is 0.371 e. The summed E-state index contributed by atoms with van der Waals surface area (Å²) >= 11 is 1.77. The number of amidine groups is 1. The van der Waals surface area contributed by atoms with E-state index >= 15 is 0 Å². The molecule has 2 rings (SSSR count). The van der Waals surface area contributed by atoms with Crippen LogP contribution in [-0.2, 0) is 6.42 Å². The summed E-state index contributed by atoms with van der Waals surface area (Å²) in [4.78, 5) is 4.51. The minimum Gasteiger partial charge on any atom is -0.371 e. The van der Waals surface area contributed by atoms with Crippen molar-refractivity contribution in [3.63, 3.8) is 0 Å². The van der Waals surface area contributed by atoms with E-state index in [9.17, 15) is 0 Å². The Morgan fingerprint density at radius 2 is 2.47 bits per heavy atom. The summed E-state index contributed by atoms with van der Waals surface area (Å²) in [7, 11) is 0. The standard InChI is InChI=1S/C12H18N2S/c1-10(8-11-5-7-15-9-11)14-12-4-2-3-6-13-12/h5,7,9-10H,2-4,6,8H2,1H3,(H,13,14). The van der Waals surface area contributed by atoms with Gasteiger partial charge in [-0.1, -0.05) is 0 Å². The van der Waals surface area contributed by atoms with Crippen molar-refractivity contribution in [1.29, 1.82) is 0 Å². The van der Waals surface area contributed by atoms with E-state index in [-0.39, 0.29) is 0 Å². The molecule has 1 N–H and O–H groups in total. The average molecular weight is 222 g/mol. The number of hydrogen-bond donors (Lipinski definition) is 1. The van der Waals surface area contributed by atoms with Crippen LogP contribution in [0.4, 0.5) is 0 Å². The molecule has 1 aromatic heterocycles. The van der Waals surface area contributed by atoms with Gasteiger partial charge in [0.2, 0.25) is 0 Å². The summed E-state index contributed by atoms with van der Waals surface area (Å²) in [6, 6.07) is 2.70. The van der Waals surface area contributed by atoms with Crippen LogP contribution in [0.1, 0.15) is 31.7 Å². The van der Waals surface area contributed by atoms with Crippen molar-refractivity contribution in [2.75, 3.05) is 6.54 Å². The number of rotatable bonds is 3. The molecule has 0 saturated carbocycles. The highest BCUT2D eigenvalue weighted by Crippen LogP contribution is 2.10. The second kappa shape index (κ2) is 5.31. The molecular formula is C12H18N2S. The maximum atomic E-state index is 4.51. The normalized spacial score (nSPS) is 18.3. The number of thiophene rings is 1. The molecule has 0 amide bonds. The van der Waals surface area contributed by atoms with Gasteiger partial charge >= 0.3 is 0 Å². The predicted molar refractivity (Wildman–Crippen MR) is 66.8 cm³/mol. The Morgan fingerprint density at radius 1 is 1.53 bits per heavy atom. The van der Waals surface area contributed by atoms with E-state index in [4.69, 9.17) is 0 Å². The monoisotopic (exact) mass is 222 g/mol. The molecule has 0 aromatic carbocycles. The maximum Gasteiger partial charge on any atom is 0.0965 e. The number of nitrogens with one attached hydrogen (secondary N) is 1. The van der Waals surface area contributed by atoms with Gasteiger partial charge < -0.3 is 5.32 Å². The lowest BCUT2D eigenvalue weighted by molar-refractivity contribution is 0.626. The van der Waals surface area contributed by atoms with Crippen LogP contribution in [0.15, 0.2) is 21.8 Å². The molecular weight excluding hydrogens is 204 g/mol. The topological polar surface area (TPSA) is 24.4 Å². The van der Waals surface area contributed by atoms with Gasteiger partial charge in [-0.05, 0) is 48.6 Å². The van der Waals surface area contributed by atoms with Crippen molar-refractivity contribution < 1.29 is 0 Å². The van der Waals surface area contributed by atoms with E-state index in [0.29, 0.717) is 6.04 Å². The van der Waals surface area contributed by atoms with Gasteiger partial charge in [-0.25, -0.2) is 0 Å². The highest BCUT2D eigenvalue weighted by atomic mass is 32.1. The minimum absolute atomic E-state index is 0.497. The molecule has 15 heavy (non-hydrogen) atoms. The van der Waals surface area contributed by atoms with Crippen molar-refractivity contribution >= 4 is 17.2 Å². The molecule has 2 heterocycles. The summed E-state index contributed by atoms with van der Waals surface area (Å²) in [5, 5.41) is 7.87. The summed E-state index contributed by atoms with van der Waals surface area (Å²) < 4.78 is 0. The van der Waals surface area contributed by atoms with E-state index in [0.717, 1.165) is 19.4 Å². The fraction of sp³-hybridized carbons (Fsp3) is 0.583. The molecule has 0 fully saturated rings. The summed E-state index contributed by atoms with van der Waals surface area (Å²) in [5.41, 5.74) is 1.43.